The third-order valence-corrected chi connectivity index (χ3v) is 1.74. The Bertz CT molecular complexity index is 222. The highest BCUT2D eigenvalue weighted by molar-refractivity contribution is 5.19. The number of hydrogen-bond acceptors (Lipinski definition) is 3. The standard InChI is InChI=1S/C7H9N3/c8-10-5-7(10)6-1-3-9-4-2-6/h1-4,7H,5,8H2. The first-order valence-electron chi connectivity index (χ1n) is 3.29. The molecule has 52 valence electrons. The molecule has 0 bridgehead atoms. The number of pyridine rings is 1. The Labute approximate surface area is 59.4 Å². The zero-order valence-electron chi connectivity index (χ0n) is 5.57. The zero-order valence-corrected chi connectivity index (χ0v) is 5.57. The van der Waals surface area contributed by atoms with Crippen molar-refractivity contribution in [3.8, 4) is 0 Å². The molecule has 0 aromatic carbocycles. The molecule has 0 aliphatic carbocycles. The van der Waals surface area contributed by atoms with Crippen LogP contribution < -0.4 is 5.84 Å². The second-order valence-electron chi connectivity index (χ2n) is 2.49. The molecule has 3 heteroatoms. The monoisotopic (exact) mass is 135 g/mol. The van der Waals surface area contributed by atoms with E-state index in [0.717, 1.165) is 6.54 Å². The van der Waals surface area contributed by atoms with Crippen LogP contribution >= 0.6 is 0 Å². The fourth-order valence-electron chi connectivity index (χ4n) is 1.04. The smallest absolute Gasteiger partial charge is 0.0633 e. The Kier molecular flexibility index (Phi) is 1.19. The minimum Gasteiger partial charge on any atom is -0.268 e. The quantitative estimate of drug-likeness (QED) is 0.445. The van der Waals surface area contributed by atoms with Crippen LogP contribution in [0.5, 0.6) is 0 Å². The van der Waals surface area contributed by atoms with E-state index in [1.165, 1.54) is 5.56 Å². The van der Waals surface area contributed by atoms with E-state index in [2.05, 4.69) is 4.98 Å². The lowest BCUT2D eigenvalue weighted by Crippen LogP contribution is -2.05. The van der Waals surface area contributed by atoms with Gasteiger partial charge in [0.2, 0.25) is 0 Å². The molecular formula is C7H9N3. The van der Waals surface area contributed by atoms with Crippen molar-refractivity contribution >= 4 is 0 Å². The lowest BCUT2D eigenvalue weighted by atomic mass is 10.2. The first-order chi connectivity index (χ1) is 4.88. The lowest BCUT2D eigenvalue weighted by Gasteiger charge is -1.94. The van der Waals surface area contributed by atoms with E-state index in [9.17, 15) is 0 Å². The van der Waals surface area contributed by atoms with E-state index < -0.39 is 0 Å². The molecule has 0 radical (unpaired) electrons. The number of nitrogens with two attached hydrogens (primary N) is 1. The van der Waals surface area contributed by atoms with Crippen LogP contribution in [0.1, 0.15) is 11.6 Å². The minimum absolute atomic E-state index is 0.447. The third kappa shape index (κ3) is 0.894. The van der Waals surface area contributed by atoms with Crippen molar-refractivity contribution < 1.29 is 0 Å². The largest absolute Gasteiger partial charge is 0.268 e. The van der Waals surface area contributed by atoms with E-state index in [4.69, 9.17) is 5.84 Å². The van der Waals surface area contributed by atoms with Crippen LogP contribution in [0.3, 0.4) is 0 Å². The minimum atomic E-state index is 0.447. The Morgan fingerprint density at radius 2 is 2.10 bits per heavy atom. The van der Waals surface area contributed by atoms with Crippen LogP contribution in [0.25, 0.3) is 0 Å². The summed E-state index contributed by atoms with van der Waals surface area (Å²) in [5.74, 6) is 5.51. The molecule has 1 aromatic rings. The summed E-state index contributed by atoms with van der Waals surface area (Å²) in [7, 11) is 0. The molecular weight excluding hydrogens is 126 g/mol. The van der Waals surface area contributed by atoms with Crippen LogP contribution in [0.2, 0.25) is 0 Å². The fourth-order valence-corrected chi connectivity index (χ4v) is 1.04. The number of hydrazine groups is 1. The average Bonchev–Trinajstić information content (AvgIpc) is 2.69. The Morgan fingerprint density at radius 1 is 1.50 bits per heavy atom. The van der Waals surface area contributed by atoms with Crippen LogP contribution in [-0.4, -0.2) is 16.5 Å². The summed E-state index contributed by atoms with van der Waals surface area (Å²) in [5, 5.41) is 1.80. The summed E-state index contributed by atoms with van der Waals surface area (Å²) in [6, 6.07) is 4.44. The predicted molar refractivity (Wildman–Crippen MR) is 37.9 cm³/mol. The Morgan fingerprint density at radius 3 is 2.60 bits per heavy atom. The van der Waals surface area contributed by atoms with Gasteiger partial charge in [0.15, 0.2) is 0 Å². The number of aromatic nitrogens is 1. The molecule has 0 saturated carbocycles. The Balaban J connectivity index is 2.20. The highest BCUT2D eigenvalue weighted by Crippen LogP contribution is 2.29. The molecule has 10 heavy (non-hydrogen) atoms. The molecule has 3 nitrogen and oxygen atoms in total. The normalized spacial score (nSPS) is 30.1. The van der Waals surface area contributed by atoms with Gasteiger partial charge in [0.1, 0.15) is 0 Å². The zero-order chi connectivity index (χ0) is 6.97. The van der Waals surface area contributed by atoms with Crippen LogP contribution in [0, 0.1) is 0 Å². The van der Waals surface area contributed by atoms with Gasteiger partial charge in [0.05, 0.1) is 6.04 Å². The third-order valence-electron chi connectivity index (χ3n) is 1.74. The van der Waals surface area contributed by atoms with E-state index in [1.54, 1.807) is 17.4 Å². The van der Waals surface area contributed by atoms with Crippen molar-refractivity contribution in [3.05, 3.63) is 30.1 Å². The van der Waals surface area contributed by atoms with Crippen LogP contribution in [0.4, 0.5) is 0 Å². The van der Waals surface area contributed by atoms with Gasteiger partial charge in [0.25, 0.3) is 0 Å². The van der Waals surface area contributed by atoms with Crippen LogP contribution in [0.15, 0.2) is 24.5 Å². The predicted octanol–water partition coefficient (Wildman–Crippen LogP) is 0.312. The van der Waals surface area contributed by atoms with E-state index in [1.807, 2.05) is 12.1 Å². The summed E-state index contributed by atoms with van der Waals surface area (Å²) in [6.07, 6.45) is 3.59. The second-order valence-corrected chi connectivity index (χ2v) is 2.49. The second kappa shape index (κ2) is 2.04. The van der Waals surface area contributed by atoms with Crippen molar-refractivity contribution in [1.29, 1.82) is 0 Å². The van der Waals surface area contributed by atoms with Gasteiger partial charge in [-0.05, 0) is 17.7 Å². The highest BCUT2D eigenvalue weighted by atomic mass is 15.5. The maximum atomic E-state index is 5.51. The molecule has 1 aromatic heterocycles. The number of rotatable bonds is 1. The topological polar surface area (TPSA) is 41.9 Å². The maximum absolute atomic E-state index is 5.51. The summed E-state index contributed by atoms with van der Waals surface area (Å²) < 4.78 is 0. The summed E-state index contributed by atoms with van der Waals surface area (Å²) in [4.78, 5) is 3.92. The first kappa shape index (κ1) is 5.82. The fraction of sp³-hybridized carbons (Fsp3) is 0.286. The molecule has 2 unspecified atom stereocenters. The molecule has 1 saturated heterocycles. The molecule has 1 aliphatic rings. The van der Waals surface area contributed by atoms with Gasteiger partial charge >= 0.3 is 0 Å². The van der Waals surface area contributed by atoms with Gasteiger partial charge in [-0.3, -0.25) is 10.8 Å². The average molecular weight is 135 g/mol. The van der Waals surface area contributed by atoms with Crippen molar-refractivity contribution in [2.75, 3.05) is 6.54 Å². The van der Waals surface area contributed by atoms with Gasteiger partial charge in [0, 0.05) is 18.9 Å². The van der Waals surface area contributed by atoms with Crippen molar-refractivity contribution in [3.63, 3.8) is 0 Å². The van der Waals surface area contributed by atoms with Crippen molar-refractivity contribution in [1.82, 2.24) is 9.99 Å². The molecule has 0 spiro atoms. The highest BCUT2D eigenvalue weighted by Gasteiger charge is 2.31. The Hall–Kier alpha value is -0.930. The molecule has 1 fully saturated rings. The van der Waals surface area contributed by atoms with Gasteiger partial charge in [-0.1, -0.05) is 0 Å². The molecule has 1 aliphatic heterocycles. The SMILES string of the molecule is NN1CC1c1ccncc1. The van der Waals surface area contributed by atoms with Crippen molar-refractivity contribution in [2.24, 2.45) is 5.84 Å². The lowest BCUT2D eigenvalue weighted by molar-refractivity contribution is 0.548. The molecule has 2 atom stereocenters. The van der Waals surface area contributed by atoms with Gasteiger partial charge in [-0.2, -0.15) is 0 Å². The van der Waals surface area contributed by atoms with E-state index in [-0.39, 0.29) is 0 Å². The van der Waals surface area contributed by atoms with Gasteiger partial charge in [-0.15, -0.1) is 0 Å². The number of hydrogen-bond donors (Lipinski definition) is 1. The van der Waals surface area contributed by atoms with Crippen LogP contribution in [-0.2, 0) is 0 Å². The first-order valence-corrected chi connectivity index (χ1v) is 3.29. The van der Waals surface area contributed by atoms with Gasteiger partial charge in [-0.25, -0.2) is 5.01 Å². The van der Waals surface area contributed by atoms with E-state index >= 15 is 0 Å². The van der Waals surface area contributed by atoms with Gasteiger partial charge < -0.3 is 0 Å². The molecule has 2 rings (SSSR count). The summed E-state index contributed by atoms with van der Waals surface area (Å²) in [5.41, 5.74) is 1.26. The number of nitrogens with zero attached hydrogens (tertiary/aromatic N) is 2. The molecule has 2 N–H and O–H groups in total. The van der Waals surface area contributed by atoms with E-state index in [0.29, 0.717) is 6.04 Å². The maximum Gasteiger partial charge on any atom is 0.0633 e. The molecule has 2 heterocycles. The van der Waals surface area contributed by atoms with Crippen molar-refractivity contribution in [2.45, 2.75) is 6.04 Å². The summed E-state index contributed by atoms with van der Waals surface area (Å²) in [6.45, 7) is 0.976. The molecule has 0 amide bonds. The summed E-state index contributed by atoms with van der Waals surface area (Å²) >= 11 is 0.